The fourth-order valence-corrected chi connectivity index (χ4v) is 3.14. The van der Waals surface area contributed by atoms with E-state index in [2.05, 4.69) is 30.0 Å². The third-order valence-electron chi connectivity index (χ3n) is 4.55. The van der Waals surface area contributed by atoms with Crippen LogP contribution < -0.4 is 4.90 Å². The predicted octanol–water partition coefficient (Wildman–Crippen LogP) is -0.154. The molecule has 0 spiro atoms. The summed E-state index contributed by atoms with van der Waals surface area (Å²) >= 11 is 0. The number of aromatic amines is 1. The number of H-pyrrole nitrogens is 1. The summed E-state index contributed by atoms with van der Waals surface area (Å²) in [5, 5.41) is 6.56. The summed E-state index contributed by atoms with van der Waals surface area (Å²) in [5.74, 6) is 0.840. The topological polar surface area (TPSA) is 81.3 Å². The summed E-state index contributed by atoms with van der Waals surface area (Å²) in [6, 6.07) is 4.01. The van der Waals surface area contributed by atoms with Crippen LogP contribution in [0.2, 0.25) is 0 Å². The number of hydrogen-bond acceptors (Lipinski definition) is 6. The van der Waals surface area contributed by atoms with Gasteiger partial charge in [0.2, 0.25) is 5.95 Å². The van der Waals surface area contributed by atoms with Crippen LogP contribution >= 0.6 is 0 Å². The molecule has 2 aliphatic rings. The van der Waals surface area contributed by atoms with Gasteiger partial charge in [-0.2, -0.15) is 5.10 Å². The van der Waals surface area contributed by atoms with Crippen LogP contribution in [0, 0.1) is 0 Å². The Bertz CT molecular complexity index is 646. The lowest BCUT2D eigenvalue weighted by Gasteiger charge is -2.47. The molecule has 23 heavy (non-hydrogen) atoms. The standard InChI is InChI=1S/C15H19N7O/c23-14(13-2-5-18-19-13)22-10-12(11-22)20-6-8-21(9-7-20)15-16-3-1-4-17-15/h1-5,12H,6-11H2,(H,18,19). The maximum Gasteiger partial charge on any atom is 0.271 e. The van der Waals surface area contributed by atoms with Gasteiger partial charge in [0.1, 0.15) is 5.69 Å². The van der Waals surface area contributed by atoms with Gasteiger partial charge in [-0.05, 0) is 12.1 Å². The minimum Gasteiger partial charge on any atom is -0.338 e. The summed E-state index contributed by atoms with van der Waals surface area (Å²) in [5.41, 5.74) is 0.564. The molecule has 1 N–H and O–H groups in total. The number of hydrogen-bond donors (Lipinski definition) is 1. The fourth-order valence-electron chi connectivity index (χ4n) is 3.14. The average molecular weight is 313 g/mol. The van der Waals surface area contributed by atoms with Crippen molar-refractivity contribution in [2.24, 2.45) is 0 Å². The van der Waals surface area contributed by atoms with E-state index in [0.29, 0.717) is 11.7 Å². The molecular formula is C15H19N7O. The van der Waals surface area contributed by atoms with Gasteiger partial charge in [0.25, 0.3) is 5.91 Å². The number of likely N-dealkylation sites (tertiary alicyclic amines) is 1. The Morgan fingerprint density at radius 3 is 2.48 bits per heavy atom. The number of nitrogens with zero attached hydrogens (tertiary/aromatic N) is 6. The van der Waals surface area contributed by atoms with Crippen LogP contribution in [0.4, 0.5) is 5.95 Å². The lowest BCUT2D eigenvalue weighted by Crippen LogP contribution is -2.64. The summed E-state index contributed by atoms with van der Waals surface area (Å²) in [6.45, 7) is 5.40. The number of aromatic nitrogens is 4. The van der Waals surface area contributed by atoms with Gasteiger partial charge in [0, 0.05) is 63.9 Å². The molecule has 120 valence electrons. The number of amides is 1. The van der Waals surface area contributed by atoms with E-state index >= 15 is 0 Å². The van der Waals surface area contributed by atoms with Gasteiger partial charge >= 0.3 is 0 Å². The molecule has 8 heteroatoms. The molecule has 2 saturated heterocycles. The molecule has 2 aromatic rings. The number of anilines is 1. The molecule has 0 bridgehead atoms. The zero-order valence-corrected chi connectivity index (χ0v) is 12.8. The largest absolute Gasteiger partial charge is 0.338 e. The van der Waals surface area contributed by atoms with Gasteiger partial charge in [0.15, 0.2) is 0 Å². The number of rotatable bonds is 3. The fraction of sp³-hybridized carbons (Fsp3) is 0.467. The minimum absolute atomic E-state index is 0.0371. The predicted molar refractivity (Wildman–Crippen MR) is 84.1 cm³/mol. The lowest BCUT2D eigenvalue weighted by molar-refractivity contribution is 0.0241. The molecule has 0 radical (unpaired) electrons. The second-order valence-corrected chi connectivity index (χ2v) is 5.91. The molecule has 0 saturated carbocycles. The third-order valence-corrected chi connectivity index (χ3v) is 4.55. The van der Waals surface area contributed by atoms with Crippen molar-refractivity contribution in [2.75, 3.05) is 44.2 Å². The molecule has 8 nitrogen and oxygen atoms in total. The van der Waals surface area contributed by atoms with Crippen molar-refractivity contribution in [2.45, 2.75) is 6.04 Å². The molecule has 1 amide bonds. The van der Waals surface area contributed by atoms with Crippen molar-refractivity contribution in [3.63, 3.8) is 0 Å². The van der Waals surface area contributed by atoms with E-state index in [1.807, 2.05) is 11.0 Å². The number of nitrogens with one attached hydrogen (secondary N) is 1. The molecule has 2 fully saturated rings. The smallest absolute Gasteiger partial charge is 0.271 e. The summed E-state index contributed by atoms with van der Waals surface area (Å²) in [6.07, 6.45) is 5.16. The zero-order valence-electron chi connectivity index (χ0n) is 12.8. The highest BCUT2D eigenvalue weighted by Crippen LogP contribution is 2.20. The van der Waals surface area contributed by atoms with Crippen LogP contribution in [0.1, 0.15) is 10.5 Å². The Morgan fingerprint density at radius 2 is 1.83 bits per heavy atom. The molecule has 4 rings (SSSR count). The first-order chi connectivity index (χ1) is 11.3. The van der Waals surface area contributed by atoms with Gasteiger partial charge < -0.3 is 9.80 Å². The van der Waals surface area contributed by atoms with E-state index in [4.69, 9.17) is 0 Å². The van der Waals surface area contributed by atoms with Crippen LogP contribution in [-0.2, 0) is 0 Å². The van der Waals surface area contributed by atoms with Crippen LogP contribution in [0.15, 0.2) is 30.7 Å². The Hall–Kier alpha value is -2.48. The summed E-state index contributed by atoms with van der Waals surface area (Å²) in [7, 11) is 0. The first kappa shape index (κ1) is 14.1. The van der Waals surface area contributed by atoms with Crippen molar-refractivity contribution in [3.05, 3.63) is 36.4 Å². The second-order valence-electron chi connectivity index (χ2n) is 5.91. The Kier molecular flexibility index (Phi) is 3.66. The van der Waals surface area contributed by atoms with E-state index < -0.39 is 0 Å². The van der Waals surface area contributed by atoms with Crippen LogP contribution in [0.5, 0.6) is 0 Å². The molecular weight excluding hydrogens is 294 g/mol. The average Bonchev–Trinajstić information content (AvgIpc) is 3.09. The van der Waals surface area contributed by atoms with E-state index in [-0.39, 0.29) is 5.91 Å². The molecule has 4 heterocycles. The Labute approximate surface area is 134 Å². The van der Waals surface area contributed by atoms with E-state index in [1.54, 1.807) is 24.7 Å². The van der Waals surface area contributed by atoms with Crippen molar-refractivity contribution in [3.8, 4) is 0 Å². The van der Waals surface area contributed by atoms with Crippen LogP contribution in [0.25, 0.3) is 0 Å². The molecule has 2 aromatic heterocycles. The normalized spacial score (nSPS) is 19.7. The van der Waals surface area contributed by atoms with Gasteiger partial charge in [0.05, 0.1) is 0 Å². The monoisotopic (exact) mass is 313 g/mol. The second kappa shape index (κ2) is 5.96. The van der Waals surface area contributed by atoms with E-state index in [1.165, 1.54) is 0 Å². The van der Waals surface area contributed by atoms with Gasteiger partial charge in [-0.25, -0.2) is 9.97 Å². The van der Waals surface area contributed by atoms with Crippen molar-refractivity contribution in [1.82, 2.24) is 30.0 Å². The van der Waals surface area contributed by atoms with Crippen molar-refractivity contribution >= 4 is 11.9 Å². The van der Waals surface area contributed by atoms with Crippen LogP contribution in [0.3, 0.4) is 0 Å². The van der Waals surface area contributed by atoms with Gasteiger partial charge in [-0.15, -0.1) is 0 Å². The summed E-state index contributed by atoms with van der Waals surface area (Å²) < 4.78 is 0. The Morgan fingerprint density at radius 1 is 1.09 bits per heavy atom. The van der Waals surface area contributed by atoms with Gasteiger partial charge in [-0.1, -0.05) is 0 Å². The first-order valence-corrected chi connectivity index (χ1v) is 7.86. The quantitative estimate of drug-likeness (QED) is 0.848. The van der Waals surface area contributed by atoms with Crippen molar-refractivity contribution in [1.29, 1.82) is 0 Å². The maximum atomic E-state index is 12.2. The molecule has 0 aliphatic carbocycles. The molecule has 0 atom stereocenters. The SMILES string of the molecule is O=C(c1ccn[nH]1)N1CC(N2CCN(c3ncccn3)CC2)C1. The highest BCUT2D eigenvalue weighted by atomic mass is 16.2. The summed E-state index contributed by atoms with van der Waals surface area (Å²) in [4.78, 5) is 27.3. The number of piperazine rings is 1. The number of carbonyl (C=O) groups excluding carboxylic acids is 1. The maximum absolute atomic E-state index is 12.2. The van der Waals surface area contributed by atoms with Gasteiger partial charge in [-0.3, -0.25) is 14.8 Å². The van der Waals surface area contributed by atoms with E-state index in [0.717, 1.165) is 45.2 Å². The van der Waals surface area contributed by atoms with E-state index in [9.17, 15) is 4.79 Å². The van der Waals surface area contributed by atoms with Crippen molar-refractivity contribution < 1.29 is 4.79 Å². The zero-order chi connectivity index (χ0) is 15.6. The highest BCUT2D eigenvalue weighted by Gasteiger charge is 2.36. The third kappa shape index (κ3) is 2.77. The molecule has 2 aliphatic heterocycles. The van der Waals surface area contributed by atoms with Crippen LogP contribution in [-0.4, -0.2) is 81.2 Å². The lowest BCUT2D eigenvalue weighted by atomic mass is 10.1. The highest BCUT2D eigenvalue weighted by molar-refractivity contribution is 5.92. The number of carbonyl (C=O) groups is 1. The Balaban J connectivity index is 1.27. The molecule has 0 unspecified atom stereocenters. The molecule has 0 aromatic carbocycles. The first-order valence-electron chi connectivity index (χ1n) is 7.86. The minimum atomic E-state index is 0.0371.